The van der Waals surface area contributed by atoms with Crippen molar-refractivity contribution >= 4 is 5.97 Å². The van der Waals surface area contributed by atoms with Crippen LogP contribution in [0.5, 0.6) is 0 Å². The first-order chi connectivity index (χ1) is 8.09. The molecule has 8 heteroatoms. The molecule has 0 spiro atoms. The topological polar surface area (TPSA) is 26.3 Å². The van der Waals surface area contributed by atoms with Gasteiger partial charge in [-0.2, -0.15) is 13.2 Å². The van der Waals surface area contributed by atoms with Crippen molar-refractivity contribution in [3.8, 4) is 0 Å². The third-order valence-electron chi connectivity index (χ3n) is 3.55. The van der Waals surface area contributed by atoms with E-state index in [1.807, 2.05) is 0 Å². The summed E-state index contributed by atoms with van der Waals surface area (Å²) in [5.41, 5.74) is -3.07. The first-order valence-corrected chi connectivity index (χ1v) is 5.14. The second-order valence-corrected chi connectivity index (χ2v) is 4.38. The minimum Gasteiger partial charge on any atom is -0.372 e. The number of hydrogen-bond donors (Lipinski definition) is 0. The van der Waals surface area contributed by atoms with Gasteiger partial charge < -0.3 is 4.74 Å². The maximum absolute atomic E-state index is 13.1. The molecule has 2 aliphatic rings. The monoisotopic (exact) mass is 274 g/mol. The number of hydrogen-bond acceptors (Lipinski definition) is 2. The molecule has 0 radical (unpaired) electrons. The molecule has 2 atom stereocenters. The van der Waals surface area contributed by atoms with Crippen LogP contribution in [0.4, 0.5) is 26.3 Å². The number of ether oxygens (including phenoxy) is 1. The fourth-order valence-corrected chi connectivity index (χ4v) is 2.88. The van der Waals surface area contributed by atoms with E-state index in [4.69, 9.17) is 0 Å². The molecule has 0 heterocycles. The van der Waals surface area contributed by atoms with Crippen LogP contribution in [0, 0.1) is 17.3 Å². The van der Waals surface area contributed by atoms with E-state index in [0.29, 0.717) is 0 Å². The molecule has 2 aliphatic carbocycles. The molecule has 2 bridgehead atoms. The molecule has 0 aromatic carbocycles. The lowest BCUT2D eigenvalue weighted by Crippen LogP contribution is -2.51. The maximum atomic E-state index is 13.1. The first-order valence-electron chi connectivity index (χ1n) is 5.14. The molecule has 0 amide bonds. The van der Waals surface area contributed by atoms with E-state index >= 15 is 0 Å². The van der Waals surface area contributed by atoms with Gasteiger partial charge in [-0.05, 0) is 12.8 Å². The molecule has 0 aromatic heterocycles. The Kier molecular flexibility index (Phi) is 2.68. The Bertz CT molecular complexity index is 380. The van der Waals surface area contributed by atoms with Gasteiger partial charge in [0, 0.05) is 11.8 Å². The Balaban J connectivity index is 2.38. The van der Waals surface area contributed by atoms with E-state index in [2.05, 4.69) is 4.74 Å². The lowest BCUT2D eigenvalue weighted by atomic mass is 9.76. The fraction of sp³-hybridized carbons (Fsp3) is 0.700. The zero-order valence-electron chi connectivity index (χ0n) is 8.81. The predicted molar refractivity (Wildman–Crippen MR) is 46.0 cm³/mol. The predicted octanol–water partition coefficient (Wildman–Crippen LogP) is 3.19. The van der Waals surface area contributed by atoms with Crippen LogP contribution in [0.15, 0.2) is 12.2 Å². The van der Waals surface area contributed by atoms with E-state index in [1.165, 1.54) is 0 Å². The highest BCUT2D eigenvalue weighted by molar-refractivity contribution is 5.81. The summed E-state index contributed by atoms with van der Waals surface area (Å²) < 4.78 is 78.1. The van der Waals surface area contributed by atoms with Crippen molar-refractivity contribution in [2.45, 2.75) is 25.4 Å². The molecular formula is C10H8F6O2. The molecular weight excluding hydrogens is 266 g/mol. The van der Waals surface area contributed by atoms with E-state index < -0.39 is 35.8 Å². The van der Waals surface area contributed by atoms with E-state index in [1.54, 1.807) is 0 Å². The zero-order valence-corrected chi connectivity index (χ0v) is 8.81. The molecule has 2 unspecified atom stereocenters. The molecule has 18 heavy (non-hydrogen) atoms. The lowest BCUT2D eigenvalue weighted by Gasteiger charge is -2.34. The van der Waals surface area contributed by atoms with Gasteiger partial charge in [-0.1, -0.05) is 12.2 Å². The van der Waals surface area contributed by atoms with Crippen molar-refractivity contribution < 1.29 is 35.9 Å². The number of carbonyl (C=O) groups is 1. The third kappa shape index (κ3) is 1.69. The van der Waals surface area contributed by atoms with E-state index in [9.17, 15) is 31.1 Å². The second-order valence-electron chi connectivity index (χ2n) is 4.38. The van der Waals surface area contributed by atoms with Gasteiger partial charge in [-0.25, -0.2) is 0 Å². The van der Waals surface area contributed by atoms with Gasteiger partial charge >= 0.3 is 18.5 Å². The Hall–Kier alpha value is -1.21. The summed E-state index contributed by atoms with van der Waals surface area (Å²) in [7, 11) is 0. The maximum Gasteiger partial charge on any atom is 0.575 e. The van der Waals surface area contributed by atoms with Crippen LogP contribution >= 0.6 is 0 Å². The number of fused-ring (bicyclic) bond motifs is 2. The Morgan fingerprint density at radius 2 is 1.50 bits per heavy atom. The van der Waals surface area contributed by atoms with Crippen LogP contribution in [-0.4, -0.2) is 18.5 Å². The molecule has 1 saturated carbocycles. The van der Waals surface area contributed by atoms with Gasteiger partial charge in [0.1, 0.15) is 0 Å². The van der Waals surface area contributed by atoms with Crippen molar-refractivity contribution in [3.05, 3.63) is 12.2 Å². The first kappa shape index (κ1) is 13.2. The molecule has 1 fully saturated rings. The average Bonchev–Trinajstić information content (AvgIpc) is 2.68. The molecule has 0 aromatic rings. The van der Waals surface area contributed by atoms with Gasteiger partial charge in [0.15, 0.2) is 5.41 Å². The molecule has 0 saturated heterocycles. The van der Waals surface area contributed by atoms with Crippen molar-refractivity contribution in [3.63, 3.8) is 0 Å². The Labute approximate surface area is 97.6 Å². The molecule has 2 nitrogen and oxygen atoms in total. The number of allylic oxidation sites excluding steroid dienone is 2. The number of carbonyl (C=O) groups excluding carboxylic acids is 1. The van der Waals surface area contributed by atoms with Gasteiger partial charge in [-0.3, -0.25) is 4.79 Å². The summed E-state index contributed by atoms with van der Waals surface area (Å²) in [6, 6.07) is 0. The number of alkyl halides is 6. The van der Waals surface area contributed by atoms with Crippen molar-refractivity contribution in [2.75, 3.05) is 0 Å². The van der Waals surface area contributed by atoms with Crippen molar-refractivity contribution in [2.24, 2.45) is 17.3 Å². The van der Waals surface area contributed by atoms with Crippen molar-refractivity contribution in [1.29, 1.82) is 0 Å². The molecule has 102 valence electrons. The highest BCUT2D eigenvalue weighted by atomic mass is 19.4. The largest absolute Gasteiger partial charge is 0.575 e. The van der Waals surface area contributed by atoms with E-state index in [-0.39, 0.29) is 12.8 Å². The van der Waals surface area contributed by atoms with Crippen LogP contribution in [0.25, 0.3) is 0 Å². The third-order valence-corrected chi connectivity index (χ3v) is 3.55. The number of esters is 1. The zero-order chi connectivity index (χ0) is 13.8. The average molecular weight is 274 g/mol. The highest BCUT2D eigenvalue weighted by Crippen LogP contribution is 2.62. The minimum atomic E-state index is -5.41. The second kappa shape index (κ2) is 3.64. The summed E-state index contributed by atoms with van der Waals surface area (Å²) in [6.07, 6.45) is -8.10. The lowest BCUT2D eigenvalue weighted by molar-refractivity contribution is -0.324. The minimum absolute atomic E-state index is 0.0354. The van der Waals surface area contributed by atoms with Crippen LogP contribution in [0.2, 0.25) is 0 Å². The molecule has 2 rings (SSSR count). The molecule has 0 aliphatic heterocycles. The summed E-state index contributed by atoms with van der Waals surface area (Å²) >= 11 is 0. The summed E-state index contributed by atoms with van der Waals surface area (Å²) in [6.45, 7) is 0. The quantitative estimate of drug-likeness (QED) is 0.417. The standard InChI is InChI=1S/C10H8F6O2/c11-9(12,13)8(7(17)18-10(14,15)16)5-1-2-6(8)4-3-5/h1-2,5-6H,3-4H2. The Morgan fingerprint density at radius 3 is 1.78 bits per heavy atom. The summed E-state index contributed by atoms with van der Waals surface area (Å²) in [5.74, 6) is -4.78. The van der Waals surface area contributed by atoms with Gasteiger partial charge in [0.05, 0.1) is 0 Å². The van der Waals surface area contributed by atoms with E-state index in [0.717, 1.165) is 12.2 Å². The smallest absolute Gasteiger partial charge is 0.372 e. The van der Waals surface area contributed by atoms with Gasteiger partial charge in [-0.15, -0.1) is 13.2 Å². The number of halogens is 6. The van der Waals surface area contributed by atoms with Crippen LogP contribution < -0.4 is 0 Å². The number of rotatable bonds is 1. The fourth-order valence-electron chi connectivity index (χ4n) is 2.88. The van der Waals surface area contributed by atoms with Gasteiger partial charge in [0.2, 0.25) is 0 Å². The van der Waals surface area contributed by atoms with Gasteiger partial charge in [0.25, 0.3) is 0 Å². The molecule has 0 N–H and O–H groups in total. The van der Waals surface area contributed by atoms with Crippen LogP contribution in [0.3, 0.4) is 0 Å². The Morgan fingerprint density at radius 1 is 1.06 bits per heavy atom. The summed E-state index contributed by atoms with van der Waals surface area (Å²) in [5, 5.41) is 0. The van der Waals surface area contributed by atoms with Crippen molar-refractivity contribution in [1.82, 2.24) is 0 Å². The normalized spacial score (nSPS) is 35.0. The van der Waals surface area contributed by atoms with Crippen LogP contribution in [-0.2, 0) is 9.53 Å². The van der Waals surface area contributed by atoms with Crippen LogP contribution in [0.1, 0.15) is 12.8 Å². The highest BCUT2D eigenvalue weighted by Gasteiger charge is 2.73. The SMILES string of the molecule is O=C(OC(F)(F)F)C1(C(F)(F)F)C2C=CC1CC2. The summed E-state index contributed by atoms with van der Waals surface area (Å²) in [4.78, 5) is 11.4.